The average molecular weight is 898 g/mol. The van der Waals surface area contributed by atoms with Gasteiger partial charge in [0.15, 0.2) is 0 Å². The lowest BCUT2D eigenvalue weighted by atomic mass is 9.69. The van der Waals surface area contributed by atoms with Crippen molar-refractivity contribution in [2.45, 2.75) is 32.2 Å². The summed E-state index contributed by atoms with van der Waals surface area (Å²) in [6.45, 7) is 4.71. The van der Waals surface area contributed by atoms with Gasteiger partial charge in [-0.2, -0.15) is 10.5 Å². The number of para-hydroxylation sites is 4. The van der Waals surface area contributed by atoms with E-state index in [9.17, 15) is 10.5 Å². The van der Waals surface area contributed by atoms with E-state index in [1.165, 1.54) is 44.2 Å². The van der Waals surface area contributed by atoms with Crippen LogP contribution in [0.1, 0.15) is 43.0 Å². The van der Waals surface area contributed by atoms with Gasteiger partial charge in [-0.3, -0.25) is 4.98 Å². The zero-order valence-corrected chi connectivity index (χ0v) is 38.5. The quantitative estimate of drug-likeness (QED) is 0.172. The molecule has 7 nitrogen and oxygen atoms in total. The minimum absolute atomic E-state index is 0.145. The number of hydrogen-bond acceptors (Lipinski definition) is 4. The topological polar surface area (TPSA) is 78.5 Å². The summed E-state index contributed by atoms with van der Waals surface area (Å²) in [5.41, 5.74) is 17.7. The van der Waals surface area contributed by atoms with Crippen LogP contribution in [0, 0.1) is 28.1 Å². The summed E-state index contributed by atoms with van der Waals surface area (Å²) in [5, 5.41) is 26.4. The lowest BCUT2D eigenvalue weighted by Gasteiger charge is -2.37. The molecule has 3 atom stereocenters. The molecule has 2 aliphatic carbocycles. The van der Waals surface area contributed by atoms with Gasteiger partial charge in [0.05, 0.1) is 74.6 Å². The van der Waals surface area contributed by atoms with Crippen molar-refractivity contribution in [2.75, 3.05) is 4.90 Å². The fourth-order valence-electron chi connectivity index (χ4n) is 12.4. The molecule has 14 rings (SSSR count). The molecule has 3 unspecified atom stereocenters. The van der Waals surface area contributed by atoms with Gasteiger partial charge in [0.25, 0.3) is 0 Å². The predicted molar refractivity (Wildman–Crippen MR) is 284 cm³/mol. The maximum atomic E-state index is 10.3. The molecule has 0 N–H and O–H groups in total. The van der Waals surface area contributed by atoms with Gasteiger partial charge in [-0.1, -0.05) is 116 Å². The average Bonchev–Trinajstić information content (AvgIpc) is 4.13. The number of aromatic nitrogens is 4. The SMILES string of the molecule is CC1CC2=C(c3c1c1ccccc1n3-c1ccccc1)N(c1cncc(-c3ccc(-n4c5cc(C#N)ccc5c5ccc6c7ccccc7n(-c7ccccc7)c6c54)cc3)c1)C1C=C(C#N)C=CC21C. The van der Waals surface area contributed by atoms with E-state index in [1.54, 1.807) is 0 Å². The smallest absolute Gasteiger partial charge is 0.0992 e. The first-order valence-corrected chi connectivity index (χ1v) is 24.0. The fraction of sp³-hybridized carbons (Fsp3) is 0.0952. The Morgan fingerprint density at radius 3 is 1.86 bits per heavy atom. The van der Waals surface area contributed by atoms with Crippen LogP contribution in [-0.2, 0) is 0 Å². The van der Waals surface area contributed by atoms with Crippen LogP contribution < -0.4 is 4.90 Å². The second-order valence-corrected chi connectivity index (χ2v) is 19.3. The third-order valence-electron chi connectivity index (χ3n) is 15.5. The highest BCUT2D eigenvalue weighted by Crippen LogP contribution is 2.60. The van der Waals surface area contributed by atoms with Gasteiger partial charge in [-0.05, 0) is 115 Å². The fourth-order valence-corrected chi connectivity index (χ4v) is 12.4. The van der Waals surface area contributed by atoms with Crippen molar-refractivity contribution in [3.8, 4) is 40.3 Å². The van der Waals surface area contributed by atoms with E-state index < -0.39 is 0 Å². The summed E-state index contributed by atoms with van der Waals surface area (Å²) in [6, 6.07) is 65.1. The maximum absolute atomic E-state index is 10.3. The van der Waals surface area contributed by atoms with Gasteiger partial charge in [0, 0.05) is 66.7 Å². The zero-order valence-electron chi connectivity index (χ0n) is 38.5. The Balaban J connectivity index is 0.954. The summed E-state index contributed by atoms with van der Waals surface area (Å²) >= 11 is 0. The number of fused-ring (bicyclic) bond motifs is 13. The summed E-state index contributed by atoms with van der Waals surface area (Å²) in [7, 11) is 0. The van der Waals surface area contributed by atoms with E-state index in [0.717, 1.165) is 73.1 Å². The van der Waals surface area contributed by atoms with Crippen LogP contribution in [-0.4, -0.2) is 24.7 Å². The van der Waals surface area contributed by atoms with Gasteiger partial charge in [-0.25, -0.2) is 0 Å². The number of allylic oxidation sites excluding steroid dienone is 2. The molecule has 0 fully saturated rings. The Morgan fingerprint density at radius 2 is 1.16 bits per heavy atom. The van der Waals surface area contributed by atoms with Crippen molar-refractivity contribution < 1.29 is 0 Å². The second-order valence-electron chi connectivity index (χ2n) is 19.3. The third kappa shape index (κ3) is 5.52. The van der Waals surface area contributed by atoms with Gasteiger partial charge >= 0.3 is 0 Å². The number of anilines is 1. The first kappa shape index (κ1) is 39.9. The first-order chi connectivity index (χ1) is 34.4. The Hall–Kier alpha value is -9.17. The van der Waals surface area contributed by atoms with Gasteiger partial charge in [0.2, 0.25) is 0 Å². The Morgan fingerprint density at radius 1 is 0.557 bits per heavy atom. The van der Waals surface area contributed by atoms with E-state index in [2.05, 4.69) is 214 Å². The lowest BCUT2D eigenvalue weighted by molar-refractivity contribution is 0.452. The van der Waals surface area contributed by atoms with Crippen LogP contribution in [0.2, 0.25) is 0 Å². The van der Waals surface area contributed by atoms with E-state index in [-0.39, 0.29) is 17.4 Å². The minimum Gasteiger partial charge on any atom is -0.330 e. The molecule has 0 spiro atoms. The molecular formula is C63H43N7. The Labute approximate surface area is 404 Å². The highest BCUT2D eigenvalue weighted by atomic mass is 15.2. The molecule has 7 heteroatoms. The van der Waals surface area contributed by atoms with E-state index in [0.29, 0.717) is 11.1 Å². The van der Waals surface area contributed by atoms with E-state index in [1.807, 2.05) is 30.6 Å². The summed E-state index contributed by atoms with van der Waals surface area (Å²) in [4.78, 5) is 7.47. The normalized spacial score (nSPS) is 18.3. The van der Waals surface area contributed by atoms with Crippen molar-refractivity contribution in [1.82, 2.24) is 18.7 Å². The van der Waals surface area contributed by atoms with Gasteiger partial charge in [0.1, 0.15) is 0 Å². The largest absolute Gasteiger partial charge is 0.330 e. The monoisotopic (exact) mass is 897 g/mol. The van der Waals surface area contributed by atoms with E-state index in [4.69, 9.17) is 4.98 Å². The standard InChI is InChI=1S/C63H43N7/c1-39-31-53-61(62-58(39)52-18-10-12-20-55(52)68(62)45-15-7-4-8-16-45)70(57-33-41(36-65)29-30-63(53,57)2)47-34-43(37-66-38-47)42-22-24-46(25-23-42)69-56-32-40(35-64)21-26-49(56)51-28-27-50-48-17-9-11-19-54(48)67(59(50)60(51)69)44-13-5-3-6-14-44/h3-30,32-34,37-39,57H,31H2,1-2H3. The number of nitrogens with zero attached hydrogens (tertiary/aromatic N) is 7. The third-order valence-corrected chi connectivity index (χ3v) is 15.5. The molecule has 5 heterocycles. The molecular weight excluding hydrogens is 855 g/mol. The number of nitriles is 2. The van der Waals surface area contributed by atoms with Crippen molar-refractivity contribution in [3.05, 3.63) is 228 Å². The molecule has 330 valence electrons. The molecule has 11 aromatic rings. The Bertz CT molecular complexity index is 4210. The first-order valence-electron chi connectivity index (χ1n) is 24.0. The van der Waals surface area contributed by atoms with Crippen LogP contribution in [0.3, 0.4) is 0 Å². The number of pyridine rings is 1. The molecule has 7 aromatic carbocycles. The second kappa shape index (κ2) is 14.9. The highest BCUT2D eigenvalue weighted by Gasteiger charge is 2.53. The molecule has 1 aliphatic heterocycles. The van der Waals surface area contributed by atoms with Crippen molar-refractivity contribution in [2.24, 2.45) is 5.41 Å². The molecule has 0 saturated carbocycles. The zero-order chi connectivity index (χ0) is 46.8. The minimum atomic E-state index is -0.359. The number of rotatable bonds is 5. The summed E-state index contributed by atoms with van der Waals surface area (Å²) in [6.07, 6.45) is 11.3. The van der Waals surface area contributed by atoms with Crippen molar-refractivity contribution >= 4 is 65.9 Å². The van der Waals surface area contributed by atoms with Crippen LogP contribution in [0.15, 0.2) is 212 Å². The molecule has 3 aliphatic rings. The van der Waals surface area contributed by atoms with Crippen molar-refractivity contribution in [3.63, 3.8) is 0 Å². The number of benzene rings is 7. The van der Waals surface area contributed by atoms with E-state index >= 15 is 0 Å². The maximum Gasteiger partial charge on any atom is 0.0992 e. The molecule has 4 aromatic heterocycles. The van der Waals surface area contributed by atoms with Crippen LogP contribution in [0.25, 0.3) is 88.4 Å². The van der Waals surface area contributed by atoms with Crippen LogP contribution >= 0.6 is 0 Å². The van der Waals surface area contributed by atoms with Crippen LogP contribution in [0.4, 0.5) is 5.69 Å². The molecule has 0 bridgehead atoms. The van der Waals surface area contributed by atoms with Gasteiger partial charge < -0.3 is 18.6 Å². The molecule has 0 saturated heterocycles. The number of hydrogen-bond donors (Lipinski definition) is 0. The molecule has 70 heavy (non-hydrogen) atoms. The van der Waals surface area contributed by atoms with Crippen LogP contribution in [0.5, 0.6) is 0 Å². The highest BCUT2D eigenvalue weighted by molar-refractivity contribution is 6.24. The molecule has 0 amide bonds. The predicted octanol–water partition coefficient (Wildman–Crippen LogP) is 14.9. The lowest BCUT2D eigenvalue weighted by Crippen LogP contribution is -2.39. The Kier molecular flexibility index (Phi) is 8.51. The summed E-state index contributed by atoms with van der Waals surface area (Å²) < 4.78 is 7.18. The molecule has 0 radical (unpaired) electrons. The van der Waals surface area contributed by atoms with Crippen molar-refractivity contribution in [1.29, 1.82) is 10.5 Å². The summed E-state index contributed by atoms with van der Waals surface area (Å²) in [5.74, 6) is 0.276. The van der Waals surface area contributed by atoms with Gasteiger partial charge in [-0.15, -0.1) is 0 Å².